The quantitative estimate of drug-likeness (QED) is 0.443. The molecule has 0 aromatic heterocycles. The van der Waals surface area contributed by atoms with Gasteiger partial charge in [-0.05, 0) is 60.6 Å². The van der Waals surface area contributed by atoms with Crippen LogP contribution in [0, 0.1) is 6.92 Å². The lowest BCUT2D eigenvalue weighted by atomic mass is 10.2. The summed E-state index contributed by atoms with van der Waals surface area (Å²) in [5.74, 6) is 0. The molecule has 0 heterocycles. The number of hydrogen-bond donors (Lipinski definition) is 0. The van der Waals surface area contributed by atoms with Gasteiger partial charge in [0.2, 0.25) is 0 Å². The number of rotatable bonds is 6. The molecule has 0 atom stereocenters. The number of nitrogens with zero attached hydrogens (tertiary/aromatic N) is 1. The Morgan fingerprint density at radius 2 is 1.35 bits per heavy atom. The van der Waals surface area contributed by atoms with Gasteiger partial charge in [0.05, 0.1) is 29.1 Å². The van der Waals surface area contributed by atoms with Crippen molar-refractivity contribution in [2.45, 2.75) is 70.3 Å². The van der Waals surface area contributed by atoms with E-state index in [1.807, 2.05) is 48.5 Å². The van der Waals surface area contributed by atoms with Gasteiger partial charge < -0.3 is 5.11 Å². The van der Waals surface area contributed by atoms with Crippen molar-refractivity contribution in [3.05, 3.63) is 29.8 Å². The number of hydrogen-bond acceptors (Lipinski definition) is 3. The molecule has 0 aliphatic carbocycles. The molecular weight excluding hydrogens is 329 g/mol. The first-order chi connectivity index (χ1) is 10.5. The SMILES string of the molecule is Cc1ccc(S(=O)(=O)/N=C(\[O-])[P+](C(C)C)(C(C)C)C(C)C)cc1. The zero-order valence-electron chi connectivity index (χ0n) is 15.1. The van der Waals surface area contributed by atoms with E-state index in [0.717, 1.165) is 5.56 Å². The van der Waals surface area contributed by atoms with Gasteiger partial charge in [0, 0.05) is 0 Å². The van der Waals surface area contributed by atoms with Crippen molar-refractivity contribution in [1.29, 1.82) is 0 Å². The maximum atomic E-state index is 12.9. The van der Waals surface area contributed by atoms with Crippen LogP contribution < -0.4 is 5.11 Å². The fourth-order valence-electron chi connectivity index (χ4n) is 3.39. The summed E-state index contributed by atoms with van der Waals surface area (Å²) in [5.41, 5.74) is 0.840. The first-order valence-electron chi connectivity index (χ1n) is 7.93. The fourth-order valence-corrected chi connectivity index (χ4v) is 9.97. The maximum absolute atomic E-state index is 12.9. The molecule has 0 aliphatic rings. The van der Waals surface area contributed by atoms with Gasteiger partial charge in [-0.1, -0.05) is 17.7 Å². The van der Waals surface area contributed by atoms with E-state index in [9.17, 15) is 13.5 Å². The highest BCUT2D eigenvalue weighted by Gasteiger charge is 2.49. The van der Waals surface area contributed by atoms with Crippen LogP contribution in [-0.4, -0.2) is 31.0 Å². The van der Waals surface area contributed by atoms with Gasteiger partial charge in [-0.2, -0.15) is 8.42 Å². The fraction of sp³-hybridized carbons (Fsp3) is 0.588. The van der Waals surface area contributed by atoms with E-state index in [4.69, 9.17) is 0 Å². The molecule has 0 saturated heterocycles. The third-order valence-electron chi connectivity index (χ3n) is 4.41. The standard InChI is InChI=1S/C17H28NO3PS/c1-12(2)22(13(3)4,14(5)6)17(19)18-23(20,21)16-10-8-15(7)9-11-16/h8-14H,1-7H3. The van der Waals surface area contributed by atoms with Crippen LogP contribution in [0.1, 0.15) is 47.1 Å². The molecule has 0 fully saturated rings. The second-order valence-electron chi connectivity index (χ2n) is 6.78. The molecule has 23 heavy (non-hydrogen) atoms. The molecule has 6 heteroatoms. The van der Waals surface area contributed by atoms with E-state index >= 15 is 0 Å². The van der Waals surface area contributed by atoms with Gasteiger partial charge in [-0.15, -0.1) is 4.40 Å². The molecule has 1 rings (SSSR count). The van der Waals surface area contributed by atoms with Crippen LogP contribution in [0.4, 0.5) is 0 Å². The summed E-state index contributed by atoms with van der Waals surface area (Å²) in [5, 5.41) is 12.9. The molecule has 4 nitrogen and oxygen atoms in total. The van der Waals surface area contributed by atoms with Gasteiger partial charge in [-0.3, -0.25) is 0 Å². The van der Waals surface area contributed by atoms with Crippen LogP contribution in [0.5, 0.6) is 0 Å². The normalized spacial score (nSPS) is 14.1. The summed E-state index contributed by atoms with van der Waals surface area (Å²) in [6.07, 6.45) is 0. The molecule has 0 saturated carbocycles. The molecule has 0 bridgehead atoms. The van der Waals surface area contributed by atoms with Crippen LogP contribution in [0.3, 0.4) is 0 Å². The Bertz CT molecular complexity index is 640. The van der Waals surface area contributed by atoms with Gasteiger partial charge in [0.15, 0.2) is 0 Å². The molecule has 0 N–H and O–H groups in total. The Kier molecular flexibility index (Phi) is 6.39. The molecule has 0 amide bonds. The van der Waals surface area contributed by atoms with E-state index in [0.29, 0.717) is 0 Å². The third kappa shape index (κ3) is 3.95. The molecule has 1 aromatic carbocycles. The Morgan fingerprint density at radius 3 is 1.70 bits per heavy atom. The van der Waals surface area contributed by atoms with E-state index in [2.05, 4.69) is 4.40 Å². The third-order valence-corrected chi connectivity index (χ3v) is 11.7. The van der Waals surface area contributed by atoms with Crippen molar-refractivity contribution in [3.63, 3.8) is 0 Å². The summed E-state index contributed by atoms with van der Waals surface area (Å²) in [6, 6.07) is 6.43. The highest BCUT2D eigenvalue weighted by Crippen LogP contribution is 2.70. The minimum Gasteiger partial charge on any atom is -0.830 e. The predicted octanol–water partition coefficient (Wildman–Crippen LogP) is 3.64. The summed E-state index contributed by atoms with van der Waals surface area (Å²) in [4.78, 5) is 0.0748. The molecule has 1 aromatic rings. The van der Waals surface area contributed by atoms with Crippen LogP contribution in [0.25, 0.3) is 0 Å². The van der Waals surface area contributed by atoms with Gasteiger partial charge >= 0.3 is 0 Å². The average molecular weight is 357 g/mol. The summed E-state index contributed by atoms with van der Waals surface area (Å²) >= 11 is 0. The lowest BCUT2D eigenvalue weighted by molar-refractivity contribution is -0.207. The minimum atomic E-state index is -3.96. The molecule has 0 radical (unpaired) electrons. The van der Waals surface area contributed by atoms with Crippen LogP contribution in [0.15, 0.2) is 33.6 Å². The Hall–Kier alpha value is -0.930. The van der Waals surface area contributed by atoms with Gasteiger partial charge in [0.1, 0.15) is 5.64 Å². The topological polar surface area (TPSA) is 69.6 Å². The zero-order chi connectivity index (χ0) is 18.0. The summed E-state index contributed by atoms with van der Waals surface area (Å²) in [6.45, 7) is 13.9. The number of sulfonamides is 1. The van der Waals surface area contributed by atoms with Gasteiger partial charge in [0.25, 0.3) is 10.0 Å². The number of benzene rings is 1. The summed E-state index contributed by atoms with van der Waals surface area (Å²) < 4.78 is 28.7. The predicted molar refractivity (Wildman–Crippen MR) is 98.1 cm³/mol. The molecule has 0 spiro atoms. The Balaban J connectivity index is 3.45. The first-order valence-corrected chi connectivity index (χ1v) is 11.4. The van der Waals surface area contributed by atoms with Crippen molar-refractivity contribution in [1.82, 2.24) is 0 Å². The van der Waals surface area contributed by atoms with Crippen molar-refractivity contribution in [3.8, 4) is 0 Å². The zero-order valence-corrected chi connectivity index (χ0v) is 16.8. The molecule has 0 aliphatic heterocycles. The van der Waals surface area contributed by atoms with Crippen molar-refractivity contribution < 1.29 is 13.5 Å². The van der Waals surface area contributed by atoms with Gasteiger partial charge in [-0.25, -0.2) is 0 Å². The minimum absolute atomic E-state index is 0.0748. The Labute approximate surface area is 141 Å². The van der Waals surface area contributed by atoms with E-state index in [1.165, 1.54) is 12.1 Å². The van der Waals surface area contributed by atoms with E-state index in [1.54, 1.807) is 12.1 Å². The Morgan fingerprint density at radius 1 is 0.957 bits per heavy atom. The lowest BCUT2D eigenvalue weighted by Crippen LogP contribution is -2.37. The molecular formula is C17H28NO3PS. The lowest BCUT2D eigenvalue weighted by Gasteiger charge is -2.40. The monoisotopic (exact) mass is 357 g/mol. The highest BCUT2D eigenvalue weighted by molar-refractivity contribution is 7.95. The smallest absolute Gasteiger partial charge is 0.284 e. The van der Waals surface area contributed by atoms with Crippen LogP contribution in [-0.2, 0) is 10.0 Å². The van der Waals surface area contributed by atoms with Crippen LogP contribution in [0.2, 0.25) is 0 Å². The van der Waals surface area contributed by atoms with Crippen molar-refractivity contribution in [2.75, 3.05) is 0 Å². The average Bonchev–Trinajstić information content (AvgIpc) is 2.37. The second-order valence-corrected chi connectivity index (χ2v) is 13.5. The first kappa shape index (κ1) is 20.1. The highest BCUT2D eigenvalue weighted by atomic mass is 32.2. The van der Waals surface area contributed by atoms with E-state index < -0.39 is 22.9 Å². The van der Waals surface area contributed by atoms with E-state index in [-0.39, 0.29) is 21.9 Å². The van der Waals surface area contributed by atoms with Crippen LogP contribution >= 0.6 is 7.26 Å². The molecule has 130 valence electrons. The summed E-state index contributed by atoms with van der Waals surface area (Å²) in [7, 11) is -6.17. The largest absolute Gasteiger partial charge is 0.830 e. The maximum Gasteiger partial charge on any atom is 0.284 e. The van der Waals surface area contributed by atoms with Crippen molar-refractivity contribution >= 4 is 22.9 Å². The second kappa shape index (κ2) is 7.31. The molecule has 0 unspecified atom stereocenters. The number of aryl methyl sites for hydroxylation is 1. The van der Waals surface area contributed by atoms with Crippen molar-refractivity contribution in [2.24, 2.45) is 4.40 Å².